The number of hydrogen-bond acceptors (Lipinski definition) is 5. The van der Waals surface area contributed by atoms with Crippen LogP contribution in [0.25, 0.3) is 0 Å². The van der Waals surface area contributed by atoms with Crippen molar-refractivity contribution in [3.05, 3.63) is 53.8 Å². The molecule has 0 aromatic heterocycles. The van der Waals surface area contributed by atoms with Crippen LogP contribution in [-0.4, -0.2) is 37.6 Å². The number of carbonyl (C=O) groups is 3. The summed E-state index contributed by atoms with van der Waals surface area (Å²) in [6.07, 6.45) is 3.18. The molecule has 2 N–H and O–H groups in total. The van der Waals surface area contributed by atoms with E-state index in [1.54, 1.807) is 13.0 Å². The third-order valence-corrected chi connectivity index (χ3v) is 7.88. The van der Waals surface area contributed by atoms with Crippen LogP contribution in [0, 0.1) is 24.6 Å². The van der Waals surface area contributed by atoms with Gasteiger partial charge in [0, 0.05) is 18.7 Å². The van der Waals surface area contributed by atoms with Gasteiger partial charge in [-0.15, -0.1) is 0 Å². The standard InChI is InChI=1S/C24H26FN3O5S/c1-15-10-11-16(14-21(15)34(32,33)27-20-9-5-4-8-19(20)25)26-22(29)12-13-28-23(30)17-6-2-3-7-18(17)24(28)31/h4-5,8-11,14,17-18,27H,2-3,6-7,12-13H2,1H3,(H,26,29). The Kier molecular flexibility index (Phi) is 6.70. The van der Waals surface area contributed by atoms with Crippen molar-refractivity contribution in [1.82, 2.24) is 4.90 Å². The Balaban J connectivity index is 1.42. The van der Waals surface area contributed by atoms with Crippen molar-refractivity contribution in [3.63, 3.8) is 0 Å². The lowest BCUT2D eigenvalue weighted by Gasteiger charge is -2.19. The van der Waals surface area contributed by atoms with E-state index in [4.69, 9.17) is 0 Å². The summed E-state index contributed by atoms with van der Waals surface area (Å²) in [6.45, 7) is 1.58. The predicted molar refractivity (Wildman–Crippen MR) is 124 cm³/mol. The normalized spacial score (nSPS) is 20.2. The van der Waals surface area contributed by atoms with Crippen LogP contribution in [0.2, 0.25) is 0 Å². The van der Waals surface area contributed by atoms with Gasteiger partial charge in [-0.05, 0) is 49.6 Å². The maximum Gasteiger partial charge on any atom is 0.262 e. The molecule has 1 heterocycles. The zero-order chi connectivity index (χ0) is 24.5. The van der Waals surface area contributed by atoms with Crippen LogP contribution in [0.4, 0.5) is 15.8 Å². The van der Waals surface area contributed by atoms with Gasteiger partial charge in [-0.25, -0.2) is 12.8 Å². The Hall–Kier alpha value is -3.27. The molecule has 8 nitrogen and oxygen atoms in total. The first-order valence-corrected chi connectivity index (χ1v) is 12.7. The highest BCUT2D eigenvalue weighted by Gasteiger charge is 2.47. The molecule has 34 heavy (non-hydrogen) atoms. The summed E-state index contributed by atoms with van der Waals surface area (Å²) in [7, 11) is -4.12. The average molecular weight is 488 g/mol. The van der Waals surface area contributed by atoms with Gasteiger partial charge in [0.15, 0.2) is 0 Å². The minimum atomic E-state index is -4.12. The molecule has 2 aliphatic rings. The molecule has 2 fully saturated rings. The molecule has 1 aliphatic carbocycles. The van der Waals surface area contributed by atoms with Crippen LogP contribution in [0.1, 0.15) is 37.7 Å². The van der Waals surface area contributed by atoms with Gasteiger partial charge in [0.2, 0.25) is 17.7 Å². The lowest BCUT2D eigenvalue weighted by atomic mass is 9.81. The lowest BCUT2D eigenvalue weighted by Crippen LogP contribution is -2.34. The molecule has 0 spiro atoms. The summed E-state index contributed by atoms with van der Waals surface area (Å²) in [5.74, 6) is -2.10. The van der Waals surface area contributed by atoms with E-state index in [1.165, 1.54) is 35.2 Å². The number of carbonyl (C=O) groups excluding carboxylic acids is 3. The Morgan fingerprint density at radius 2 is 1.71 bits per heavy atom. The number of nitrogens with one attached hydrogen (secondary N) is 2. The summed E-state index contributed by atoms with van der Waals surface area (Å²) >= 11 is 0. The van der Waals surface area contributed by atoms with E-state index in [-0.39, 0.29) is 52.9 Å². The largest absolute Gasteiger partial charge is 0.326 e. The van der Waals surface area contributed by atoms with Crippen molar-refractivity contribution in [2.45, 2.75) is 43.9 Å². The monoisotopic (exact) mass is 487 g/mol. The van der Waals surface area contributed by atoms with Gasteiger partial charge in [-0.3, -0.25) is 24.0 Å². The predicted octanol–water partition coefficient (Wildman–Crippen LogP) is 3.44. The van der Waals surface area contributed by atoms with Crippen molar-refractivity contribution in [2.24, 2.45) is 11.8 Å². The molecular formula is C24H26FN3O5S. The first-order chi connectivity index (χ1) is 16.2. The van der Waals surface area contributed by atoms with Crippen LogP contribution in [0.3, 0.4) is 0 Å². The van der Waals surface area contributed by atoms with Crippen molar-refractivity contribution < 1.29 is 27.2 Å². The first kappa shape index (κ1) is 23.9. The van der Waals surface area contributed by atoms with Gasteiger partial charge < -0.3 is 5.32 Å². The van der Waals surface area contributed by atoms with E-state index in [0.29, 0.717) is 18.4 Å². The third-order valence-electron chi connectivity index (χ3n) is 6.37. The summed E-state index contributed by atoms with van der Waals surface area (Å²) in [6, 6.07) is 9.79. The van der Waals surface area contributed by atoms with Crippen LogP contribution in [0.5, 0.6) is 0 Å². The smallest absolute Gasteiger partial charge is 0.262 e. The fourth-order valence-corrected chi connectivity index (χ4v) is 5.94. The molecule has 2 aromatic rings. The van der Waals surface area contributed by atoms with Crippen LogP contribution in [-0.2, 0) is 24.4 Å². The van der Waals surface area contributed by atoms with E-state index in [0.717, 1.165) is 18.9 Å². The van der Waals surface area contributed by atoms with E-state index in [2.05, 4.69) is 10.0 Å². The van der Waals surface area contributed by atoms with Crippen molar-refractivity contribution in [1.29, 1.82) is 0 Å². The lowest BCUT2D eigenvalue weighted by molar-refractivity contribution is -0.140. The van der Waals surface area contributed by atoms with Gasteiger partial charge in [0.25, 0.3) is 10.0 Å². The Labute approximate surface area is 197 Å². The fourth-order valence-electron chi connectivity index (χ4n) is 4.60. The number of benzene rings is 2. The molecule has 1 saturated carbocycles. The number of rotatable bonds is 7. The number of aryl methyl sites for hydroxylation is 1. The second kappa shape index (κ2) is 9.54. The van der Waals surface area contributed by atoms with E-state index >= 15 is 0 Å². The molecule has 3 amide bonds. The van der Waals surface area contributed by atoms with Crippen LogP contribution < -0.4 is 10.0 Å². The molecule has 2 atom stereocenters. The minimum Gasteiger partial charge on any atom is -0.326 e. The number of para-hydroxylation sites is 1. The number of hydrogen-bond donors (Lipinski definition) is 2. The molecule has 2 unspecified atom stereocenters. The topological polar surface area (TPSA) is 113 Å². The molecule has 0 bridgehead atoms. The number of fused-ring (bicyclic) bond motifs is 1. The molecule has 2 aromatic carbocycles. The van der Waals surface area contributed by atoms with E-state index < -0.39 is 21.7 Å². The van der Waals surface area contributed by atoms with E-state index in [1.807, 2.05) is 0 Å². The highest BCUT2D eigenvalue weighted by atomic mass is 32.2. The van der Waals surface area contributed by atoms with Gasteiger partial charge in [-0.2, -0.15) is 0 Å². The number of imide groups is 1. The second-order valence-corrected chi connectivity index (χ2v) is 10.3. The number of amides is 3. The summed E-state index contributed by atoms with van der Waals surface area (Å²) in [5, 5.41) is 2.62. The first-order valence-electron chi connectivity index (χ1n) is 11.2. The van der Waals surface area contributed by atoms with Gasteiger partial charge >= 0.3 is 0 Å². The molecular weight excluding hydrogens is 461 g/mol. The highest BCUT2D eigenvalue weighted by molar-refractivity contribution is 7.92. The van der Waals surface area contributed by atoms with Gasteiger partial charge in [-0.1, -0.05) is 31.0 Å². The SMILES string of the molecule is Cc1ccc(NC(=O)CCN2C(=O)C3CCCCC3C2=O)cc1S(=O)(=O)Nc1ccccc1F. The Morgan fingerprint density at radius 1 is 1.06 bits per heavy atom. The van der Waals surface area contributed by atoms with Crippen molar-refractivity contribution in [3.8, 4) is 0 Å². The molecule has 1 aliphatic heterocycles. The fraction of sp³-hybridized carbons (Fsp3) is 0.375. The third kappa shape index (κ3) is 4.82. The minimum absolute atomic E-state index is 0.0116. The number of anilines is 2. The quantitative estimate of drug-likeness (QED) is 0.581. The maximum absolute atomic E-state index is 13.9. The van der Waals surface area contributed by atoms with Crippen molar-refractivity contribution in [2.75, 3.05) is 16.6 Å². The van der Waals surface area contributed by atoms with Crippen LogP contribution in [0.15, 0.2) is 47.4 Å². The Morgan fingerprint density at radius 3 is 2.35 bits per heavy atom. The molecule has 1 saturated heterocycles. The number of nitrogens with zero attached hydrogens (tertiary/aromatic N) is 1. The summed E-state index contributed by atoms with van der Waals surface area (Å²) in [5.41, 5.74) is 0.465. The average Bonchev–Trinajstić information content (AvgIpc) is 3.05. The highest BCUT2D eigenvalue weighted by Crippen LogP contribution is 2.38. The van der Waals surface area contributed by atoms with Gasteiger partial charge in [0.05, 0.1) is 22.4 Å². The van der Waals surface area contributed by atoms with E-state index in [9.17, 15) is 27.2 Å². The molecule has 10 heteroatoms. The molecule has 4 rings (SSSR count). The Bertz CT molecular complexity index is 1220. The zero-order valence-electron chi connectivity index (χ0n) is 18.7. The number of likely N-dealkylation sites (tertiary alicyclic amines) is 1. The van der Waals surface area contributed by atoms with Crippen LogP contribution >= 0.6 is 0 Å². The second-order valence-electron chi connectivity index (χ2n) is 8.69. The number of sulfonamides is 1. The summed E-state index contributed by atoms with van der Waals surface area (Å²) < 4.78 is 41.8. The summed E-state index contributed by atoms with van der Waals surface area (Å²) in [4.78, 5) is 38.7. The number of halogens is 1. The molecule has 0 radical (unpaired) electrons. The maximum atomic E-state index is 13.9. The molecule has 180 valence electrons. The van der Waals surface area contributed by atoms with Crippen molar-refractivity contribution >= 4 is 39.1 Å². The van der Waals surface area contributed by atoms with Gasteiger partial charge in [0.1, 0.15) is 5.82 Å². The zero-order valence-corrected chi connectivity index (χ0v) is 19.5.